The average Bonchev–Trinajstić information content (AvgIpc) is 2.59. The minimum atomic E-state index is -5.10. The SMILES string of the molecule is CNC(=O)C(O)(c1ccccc1)c1cc(C(F)(F)F)cc(C(F)(F)F)c1. The summed E-state index contributed by atoms with van der Waals surface area (Å²) in [6, 6.07) is 7.34. The average molecular weight is 377 g/mol. The summed E-state index contributed by atoms with van der Waals surface area (Å²) < 4.78 is 78.4. The fraction of sp³-hybridized carbons (Fsp3) is 0.235. The van der Waals surface area contributed by atoms with Gasteiger partial charge in [0.25, 0.3) is 5.91 Å². The number of carbonyl (C=O) groups is 1. The van der Waals surface area contributed by atoms with Crippen molar-refractivity contribution >= 4 is 5.91 Å². The van der Waals surface area contributed by atoms with Crippen molar-refractivity contribution in [3.05, 3.63) is 70.8 Å². The summed E-state index contributed by atoms with van der Waals surface area (Å²) in [5, 5.41) is 12.9. The third-order valence-electron chi connectivity index (χ3n) is 3.75. The van der Waals surface area contributed by atoms with Gasteiger partial charge in [0, 0.05) is 7.05 Å². The molecule has 2 aromatic rings. The molecule has 0 bridgehead atoms. The maximum Gasteiger partial charge on any atom is 0.416 e. The van der Waals surface area contributed by atoms with Crippen LogP contribution in [-0.2, 0) is 22.7 Å². The Morgan fingerprint density at radius 3 is 1.62 bits per heavy atom. The van der Waals surface area contributed by atoms with Crippen molar-refractivity contribution in [3.63, 3.8) is 0 Å². The van der Waals surface area contributed by atoms with Crippen molar-refractivity contribution in [2.45, 2.75) is 18.0 Å². The molecule has 140 valence electrons. The molecule has 0 radical (unpaired) electrons. The fourth-order valence-electron chi connectivity index (χ4n) is 2.45. The number of hydrogen-bond acceptors (Lipinski definition) is 2. The minimum absolute atomic E-state index is 0.0707. The molecule has 1 unspecified atom stereocenters. The van der Waals surface area contributed by atoms with Crippen molar-refractivity contribution in [1.82, 2.24) is 5.32 Å². The number of benzene rings is 2. The summed E-state index contributed by atoms with van der Waals surface area (Å²) in [4.78, 5) is 12.2. The number of hydrogen-bond donors (Lipinski definition) is 2. The highest BCUT2D eigenvalue weighted by Crippen LogP contribution is 2.40. The van der Waals surface area contributed by atoms with Gasteiger partial charge < -0.3 is 10.4 Å². The van der Waals surface area contributed by atoms with E-state index in [1.54, 1.807) is 0 Å². The summed E-state index contributed by atoms with van der Waals surface area (Å²) in [5.41, 5.74) is -7.00. The lowest BCUT2D eigenvalue weighted by atomic mass is 9.83. The van der Waals surface area contributed by atoms with Crippen LogP contribution in [0.1, 0.15) is 22.3 Å². The molecule has 2 rings (SSSR count). The summed E-state index contributed by atoms with van der Waals surface area (Å²) >= 11 is 0. The molecule has 3 nitrogen and oxygen atoms in total. The molecule has 0 saturated carbocycles. The van der Waals surface area contributed by atoms with Crippen LogP contribution < -0.4 is 5.32 Å². The second kappa shape index (κ2) is 6.64. The van der Waals surface area contributed by atoms with E-state index in [4.69, 9.17) is 0 Å². The van der Waals surface area contributed by atoms with Gasteiger partial charge in [-0.2, -0.15) is 26.3 Å². The third-order valence-corrected chi connectivity index (χ3v) is 3.75. The molecule has 0 fully saturated rings. The van der Waals surface area contributed by atoms with Crippen molar-refractivity contribution < 1.29 is 36.2 Å². The Hall–Kier alpha value is -2.55. The zero-order valence-corrected chi connectivity index (χ0v) is 13.2. The van der Waals surface area contributed by atoms with Crippen LogP contribution in [0.2, 0.25) is 0 Å². The molecule has 9 heteroatoms. The van der Waals surface area contributed by atoms with Crippen LogP contribution in [0.25, 0.3) is 0 Å². The predicted octanol–water partition coefficient (Wildman–Crippen LogP) is 3.71. The first-order valence-electron chi connectivity index (χ1n) is 7.20. The summed E-state index contributed by atoms with van der Waals surface area (Å²) in [7, 11) is 1.11. The number of nitrogens with one attached hydrogen (secondary N) is 1. The van der Waals surface area contributed by atoms with Crippen molar-refractivity contribution in [2.24, 2.45) is 0 Å². The Morgan fingerprint density at radius 2 is 1.23 bits per heavy atom. The van der Waals surface area contributed by atoms with Gasteiger partial charge in [0.15, 0.2) is 5.60 Å². The van der Waals surface area contributed by atoms with E-state index in [9.17, 15) is 36.2 Å². The number of halogens is 6. The molecule has 2 N–H and O–H groups in total. The van der Waals surface area contributed by atoms with E-state index >= 15 is 0 Å². The first-order valence-corrected chi connectivity index (χ1v) is 7.20. The summed E-state index contributed by atoms with van der Waals surface area (Å²) in [5.74, 6) is -1.17. The van der Waals surface area contributed by atoms with Crippen molar-refractivity contribution in [1.29, 1.82) is 0 Å². The first-order chi connectivity index (χ1) is 11.9. The molecule has 0 spiro atoms. The Morgan fingerprint density at radius 1 is 0.808 bits per heavy atom. The molecule has 0 saturated heterocycles. The highest BCUT2D eigenvalue weighted by molar-refractivity contribution is 5.90. The molecule has 0 aromatic heterocycles. The second-order valence-electron chi connectivity index (χ2n) is 5.45. The van der Waals surface area contributed by atoms with E-state index in [1.165, 1.54) is 30.3 Å². The Balaban J connectivity index is 2.82. The van der Waals surface area contributed by atoms with Crippen LogP contribution >= 0.6 is 0 Å². The number of aliphatic hydroxyl groups is 1. The van der Waals surface area contributed by atoms with Crippen LogP contribution in [0.5, 0.6) is 0 Å². The van der Waals surface area contributed by atoms with E-state index in [0.717, 1.165) is 7.05 Å². The van der Waals surface area contributed by atoms with Crippen LogP contribution in [0, 0.1) is 0 Å². The number of carbonyl (C=O) groups excluding carboxylic acids is 1. The highest BCUT2D eigenvalue weighted by atomic mass is 19.4. The zero-order chi connectivity index (χ0) is 19.8. The van der Waals surface area contributed by atoms with E-state index in [0.29, 0.717) is 12.1 Å². The van der Waals surface area contributed by atoms with Gasteiger partial charge in [0.05, 0.1) is 11.1 Å². The molecule has 0 heterocycles. The Bertz CT molecular complexity index is 769. The summed E-state index contributed by atoms with van der Waals surface area (Å²) in [6.45, 7) is 0. The van der Waals surface area contributed by atoms with Gasteiger partial charge in [-0.3, -0.25) is 4.79 Å². The lowest BCUT2D eigenvalue weighted by Crippen LogP contribution is -2.44. The highest BCUT2D eigenvalue weighted by Gasteiger charge is 2.44. The lowest BCUT2D eigenvalue weighted by Gasteiger charge is -2.28. The molecular weight excluding hydrogens is 364 g/mol. The quantitative estimate of drug-likeness (QED) is 0.802. The predicted molar refractivity (Wildman–Crippen MR) is 80.0 cm³/mol. The summed E-state index contributed by atoms with van der Waals surface area (Å²) in [6.07, 6.45) is -10.2. The monoisotopic (exact) mass is 377 g/mol. The Labute approximate surface area is 144 Å². The van der Waals surface area contributed by atoms with E-state index < -0.39 is 40.6 Å². The molecule has 0 aliphatic carbocycles. The van der Waals surface area contributed by atoms with E-state index in [2.05, 4.69) is 5.32 Å². The minimum Gasteiger partial charge on any atom is -0.372 e. The van der Waals surface area contributed by atoms with Crippen molar-refractivity contribution in [3.8, 4) is 0 Å². The molecule has 1 atom stereocenters. The van der Waals surface area contributed by atoms with Crippen LogP contribution in [0.15, 0.2) is 48.5 Å². The van der Waals surface area contributed by atoms with Gasteiger partial charge in [-0.1, -0.05) is 30.3 Å². The molecular formula is C17H13F6NO2. The van der Waals surface area contributed by atoms with Crippen molar-refractivity contribution in [2.75, 3.05) is 7.05 Å². The normalized spacial score (nSPS) is 14.6. The Kier molecular flexibility index (Phi) is 5.05. The smallest absolute Gasteiger partial charge is 0.372 e. The van der Waals surface area contributed by atoms with Gasteiger partial charge in [-0.15, -0.1) is 0 Å². The number of alkyl halides is 6. The zero-order valence-electron chi connectivity index (χ0n) is 13.2. The van der Waals surface area contributed by atoms with Crippen LogP contribution in [0.3, 0.4) is 0 Å². The fourth-order valence-corrected chi connectivity index (χ4v) is 2.45. The third kappa shape index (κ3) is 3.67. The molecule has 0 aliphatic heterocycles. The molecule has 26 heavy (non-hydrogen) atoms. The standard InChI is InChI=1S/C17H13F6NO2/c1-24-14(25)15(26,10-5-3-2-4-6-10)11-7-12(16(18,19)20)9-13(8-11)17(21,22)23/h2-9,26H,1H3,(H,24,25). The van der Waals surface area contributed by atoms with Gasteiger partial charge in [-0.25, -0.2) is 0 Å². The largest absolute Gasteiger partial charge is 0.416 e. The van der Waals surface area contributed by atoms with E-state index in [1.807, 2.05) is 0 Å². The second-order valence-corrected chi connectivity index (χ2v) is 5.45. The number of rotatable bonds is 3. The molecule has 0 aliphatic rings. The van der Waals surface area contributed by atoms with Gasteiger partial charge in [-0.05, 0) is 29.3 Å². The maximum atomic E-state index is 13.1. The van der Waals surface area contributed by atoms with Crippen LogP contribution in [-0.4, -0.2) is 18.1 Å². The molecule has 2 aromatic carbocycles. The number of likely N-dealkylation sites (N-methyl/N-ethyl adjacent to an activating group) is 1. The topological polar surface area (TPSA) is 49.3 Å². The first kappa shape index (κ1) is 19.8. The van der Waals surface area contributed by atoms with E-state index in [-0.39, 0.29) is 11.6 Å². The van der Waals surface area contributed by atoms with Gasteiger partial charge >= 0.3 is 12.4 Å². The van der Waals surface area contributed by atoms with Gasteiger partial charge in [0.2, 0.25) is 0 Å². The van der Waals surface area contributed by atoms with Gasteiger partial charge in [0.1, 0.15) is 0 Å². The van der Waals surface area contributed by atoms with Crippen LogP contribution in [0.4, 0.5) is 26.3 Å². The molecule has 1 amide bonds. The lowest BCUT2D eigenvalue weighted by molar-refractivity contribution is -0.144. The maximum absolute atomic E-state index is 13.1. The number of amides is 1.